The number of rotatable bonds is 2. The first-order valence-electron chi connectivity index (χ1n) is 6.34. The van der Waals surface area contributed by atoms with Crippen molar-refractivity contribution in [1.29, 1.82) is 0 Å². The molecule has 2 N–H and O–H groups in total. The third-order valence-corrected chi connectivity index (χ3v) is 3.35. The molecule has 1 heterocycles. The highest BCUT2D eigenvalue weighted by atomic mass is 19.1. The van der Waals surface area contributed by atoms with Gasteiger partial charge in [-0.05, 0) is 31.2 Å². The summed E-state index contributed by atoms with van der Waals surface area (Å²) in [5.74, 6) is -0.298. The van der Waals surface area contributed by atoms with Crippen molar-refractivity contribution in [3.8, 4) is 0 Å². The van der Waals surface area contributed by atoms with Gasteiger partial charge in [0.2, 0.25) is 0 Å². The minimum atomic E-state index is -0.298. The molecule has 0 atom stereocenters. The number of hydrogen-bond acceptors (Lipinski definition) is 1. The quantitative estimate of drug-likeness (QED) is 0.793. The number of anilines is 1. The fourth-order valence-corrected chi connectivity index (χ4v) is 2.12. The molecule has 0 saturated carbocycles. The van der Waals surface area contributed by atoms with Crippen LogP contribution >= 0.6 is 0 Å². The van der Waals surface area contributed by atoms with Crippen LogP contribution in [0.2, 0.25) is 0 Å². The Kier molecular flexibility index (Phi) is 4.15. The topological polar surface area (TPSA) is 36.8 Å². The number of likely N-dealkylation sites (N-methyl/N-ethyl adjacent to an activating group) is 1. The second-order valence-electron chi connectivity index (χ2n) is 4.53. The van der Waals surface area contributed by atoms with Gasteiger partial charge in [0.25, 0.3) is 0 Å². The number of nitrogens with one attached hydrogen (secondary N) is 2. The van der Waals surface area contributed by atoms with E-state index in [1.54, 1.807) is 12.1 Å². The van der Waals surface area contributed by atoms with E-state index in [0.29, 0.717) is 5.69 Å². The zero-order valence-corrected chi connectivity index (χ0v) is 10.6. The standard InChI is InChI=1S/C13H18FN3O/c1-2-16-7-9-17(10-8-16)13(18)15-12-5-3-11(14)4-6-12/h3-6H,2,7-10H2,1H3,(H,15,18)/p+1. The van der Waals surface area contributed by atoms with E-state index < -0.39 is 0 Å². The van der Waals surface area contributed by atoms with E-state index in [2.05, 4.69) is 12.2 Å². The van der Waals surface area contributed by atoms with E-state index in [9.17, 15) is 9.18 Å². The van der Waals surface area contributed by atoms with Crippen molar-refractivity contribution >= 4 is 11.7 Å². The second kappa shape index (κ2) is 5.82. The molecule has 18 heavy (non-hydrogen) atoms. The molecule has 1 fully saturated rings. The number of carbonyl (C=O) groups excluding carboxylic acids is 1. The second-order valence-corrected chi connectivity index (χ2v) is 4.53. The van der Waals surface area contributed by atoms with Gasteiger partial charge in [-0.3, -0.25) is 0 Å². The SMILES string of the molecule is CC[NH+]1CCN(C(=O)Nc2ccc(F)cc2)CC1. The predicted octanol–water partition coefficient (Wildman–Crippen LogP) is 0.578. The molecule has 4 nitrogen and oxygen atoms in total. The highest BCUT2D eigenvalue weighted by Crippen LogP contribution is 2.09. The van der Waals surface area contributed by atoms with Crippen LogP contribution in [0.1, 0.15) is 6.92 Å². The fraction of sp³-hybridized carbons (Fsp3) is 0.462. The molecule has 1 saturated heterocycles. The largest absolute Gasteiger partial charge is 0.332 e. The van der Waals surface area contributed by atoms with Crippen LogP contribution < -0.4 is 10.2 Å². The molecule has 5 heteroatoms. The number of piperazine rings is 1. The zero-order valence-electron chi connectivity index (χ0n) is 10.6. The van der Waals surface area contributed by atoms with E-state index in [1.807, 2.05) is 4.90 Å². The number of amides is 2. The van der Waals surface area contributed by atoms with Crippen LogP contribution in [-0.4, -0.2) is 43.7 Å². The lowest BCUT2D eigenvalue weighted by atomic mass is 10.3. The average Bonchev–Trinajstić information content (AvgIpc) is 2.41. The van der Waals surface area contributed by atoms with Gasteiger partial charge in [-0.1, -0.05) is 0 Å². The lowest BCUT2D eigenvalue weighted by Crippen LogP contribution is -3.14. The molecule has 98 valence electrons. The minimum absolute atomic E-state index is 0.100. The normalized spacial score (nSPS) is 16.7. The summed E-state index contributed by atoms with van der Waals surface area (Å²) in [6.45, 7) is 6.80. The third kappa shape index (κ3) is 3.20. The highest BCUT2D eigenvalue weighted by molar-refractivity contribution is 5.89. The number of halogens is 1. The smallest absolute Gasteiger partial charge is 0.322 e. The Bertz CT molecular complexity index is 399. The van der Waals surface area contributed by atoms with Gasteiger partial charge in [0.05, 0.1) is 32.7 Å². The van der Waals surface area contributed by atoms with Gasteiger partial charge < -0.3 is 15.1 Å². The van der Waals surface area contributed by atoms with Gasteiger partial charge in [-0.15, -0.1) is 0 Å². The van der Waals surface area contributed by atoms with Gasteiger partial charge in [-0.25, -0.2) is 9.18 Å². The molecule has 1 aliphatic heterocycles. The van der Waals surface area contributed by atoms with Crippen LogP contribution in [0.3, 0.4) is 0 Å². The molecule has 1 aromatic rings. The van der Waals surface area contributed by atoms with Crippen molar-refractivity contribution in [1.82, 2.24) is 4.90 Å². The molecule has 2 rings (SSSR count). The molecular weight excluding hydrogens is 233 g/mol. The summed E-state index contributed by atoms with van der Waals surface area (Å²) in [5, 5.41) is 2.78. The average molecular weight is 252 g/mol. The van der Waals surface area contributed by atoms with Crippen molar-refractivity contribution in [2.24, 2.45) is 0 Å². The van der Waals surface area contributed by atoms with E-state index in [0.717, 1.165) is 32.7 Å². The number of nitrogens with zero attached hydrogens (tertiary/aromatic N) is 1. The summed E-state index contributed by atoms with van der Waals surface area (Å²) >= 11 is 0. The van der Waals surface area contributed by atoms with Crippen LogP contribution in [0, 0.1) is 5.82 Å². The first-order valence-corrected chi connectivity index (χ1v) is 6.34. The Balaban J connectivity index is 1.87. The van der Waals surface area contributed by atoms with Gasteiger partial charge >= 0.3 is 6.03 Å². The van der Waals surface area contributed by atoms with Crippen molar-refractivity contribution in [3.63, 3.8) is 0 Å². The molecule has 0 spiro atoms. The van der Waals surface area contributed by atoms with E-state index in [-0.39, 0.29) is 11.8 Å². The molecule has 0 aromatic heterocycles. The fourth-order valence-electron chi connectivity index (χ4n) is 2.12. The van der Waals surface area contributed by atoms with E-state index in [1.165, 1.54) is 17.0 Å². The Morgan fingerprint density at radius 2 is 1.94 bits per heavy atom. The Morgan fingerprint density at radius 3 is 2.50 bits per heavy atom. The van der Waals surface area contributed by atoms with Crippen LogP contribution in [-0.2, 0) is 0 Å². The van der Waals surface area contributed by atoms with Crippen LogP contribution in [0.15, 0.2) is 24.3 Å². The Labute approximate surface area is 106 Å². The van der Waals surface area contributed by atoms with Crippen molar-refractivity contribution < 1.29 is 14.1 Å². The summed E-state index contributed by atoms with van der Waals surface area (Å²) in [5.41, 5.74) is 0.631. The first-order chi connectivity index (χ1) is 8.69. The monoisotopic (exact) mass is 252 g/mol. The lowest BCUT2D eigenvalue weighted by Gasteiger charge is -2.31. The zero-order chi connectivity index (χ0) is 13.0. The third-order valence-electron chi connectivity index (χ3n) is 3.35. The van der Waals surface area contributed by atoms with Crippen molar-refractivity contribution in [3.05, 3.63) is 30.1 Å². The number of benzene rings is 1. The van der Waals surface area contributed by atoms with Crippen LogP contribution in [0.4, 0.5) is 14.9 Å². The summed E-state index contributed by atoms with van der Waals surface area (Å²) in [6, 6.07) is 5.72. The lowest BCUT2D eigenvalue weighted by molar-refractivity contribution is -0.902. The highest BCUT2D eigenvalue weighted by Gasteiger charge is 2.22. The number of hydrogen-bond donors (Lipinski definition) is 2. The summed E-state index contributed by atoms with van der Waals surface area (Å²) in [6.07, 6.45) is 0. The maximum atomic E-state index is 12.7. The number of quaternary nitrogens is 1. The van der Waals surface area contributed by atoms with Crippen molar-refractivity contribution in [2.45, 2.75) is 6.92 Å². The Morgan fingerprint density at radius 1 is 1.33 bits per heavy atom. The number of urea groups is 1. The number of carbonyl (C=O) groups is 1. The predicted molar refractivity (Wildman–Crippen MR) is 68.2 cm³/mol. The molecule has 2 amide bonds. The van der Waals surface area contributed by atoms with Gasteiger partial charge in [0, 0.05) is 5.69 Å². The summed E-state index contributed by atoms with van der Waals surface area (Å²) in [7, 11) is 0. The molecule has 0 bridgehead atoms. The van der Waals surface area contributed by atoms with E-state index in [4.69, 9.17) is 0 Å². The van der Waals surface area contributed by atoms with Crippen LogP contribution in [0.25, 0.3) is 0 Å². The Hall–Kier alpha value is -1.62. The molecule has 1 aliphatic rings. The summed E-state index contributed by atoms with van der Waals surface area (Å²) < 4.78 is 12.7. The molecule has 0 aliphatic carbocycles. The van der Waals surface area contributed by atoms with Crippen molar-refractivity contribution in [2.75, 3.05) is 38.0 Å². The molecule has 0 unspecified atom stereocenters. The van der Waals surface area contributed by atoms with Gasteiger partial charge in [-0.2, -0.15) is 0 Å². The van der Waals surface area contributed by atoms with Crippen LogP contribution in [0.5, 0.6) is 0 Å². The van der Waals surface area contributed by atoms with Gasteiger partial charge in [0.1, 0.15) is 5.82 Å². The first kappa shape index (κ1) is 12.8. The molecule has 1 aromatic carbocycles. The molecule has 0 radical (unpaired) electrons. The molecular formula is C13H19FN3O+. The maximum Gasteiger partial charge on any atom is 0.322 e. The minimum Gasteiger partial charge on any atom is -0.332 e. The van der Waals surface area contributed by atoms with E-state index >= 15 is 0 Å². The maximum absolute atomic E-state index is 12.7. The summed E-state index contributed by atoms with van der Waals surface area (Å²) in [4.78, 5) is 15.3. The van der Waals surface area contributed by atoms with Gasteiger partial charge in [0.15, 0.2) is 0 Å².